The average Bonchev–Trinajstić information content (AvgIpc) is 3.29. The monoisotopic (exact) mass is 381 g/mol. The minimum atomic E-state index is 0.0935. The van der Waals surface area contributed by atoms with Crippen molar-refractivity contribution in [1.29, 1.82) is 0 Å². The summed E-state index contributed by atoms with van der Waals surface area (Å²) in [6.07, 6.45) is 6.27. The molecule has 2 saturated heterocycles. The number of rotatable bonds is 5. The zero-order valence-electron chi connectivity index (χ0n) is 16.5. The van der Waals surface area contributed by atoms with Crippen molar-refractivity contribution in [2.45, 2.75) is 38.1 Å². The zero-order valence-corrected chi connectivity index (χ0v) is 16.5. The van der Waals surface area contributed by atoms with Gasteiger partial charge in [0.25, 0.3) is 0 Å². The van der Waals surface area contributed by atoms with E-state index in [1.54, 1.807) is 6.20 Å². The molecule has 0 bridgehead atoms. The number of amides is 2. The van der Waals surface area contributed by atoms with Crippen LogP contribution in [0.3, 0.4) is 0 Å². The Kier molecular flexibility index (Phi) is 6.27. The molecule has 150 valence electrons. The fourth-order valence-electron chi connectivity index (χ4n) is 4.44. The van der Waals surface area contributed by atoms with Gasteiger partial charge in [-0.15, -0.1) is 0 Å². The van der Waals surface area contributed by atoms with Gasteiger partial charge in [0.05, 0.1) is 0 Å². The predicted octanol–water partition coefficient (Wildman–Crippen LogP) is 3.21. The van der Waals surface area contributed by atoms with Crippen molar-refractivity contribution in [3.63, 3.8) is 0 Å². The number of urea groups is 1. The van der Waals surface area contributed by atoms with Gasteiger partial charge in [0.15, 0.2) is 0 Å². The zero-order chi connectivity index (χ0) is 19.2. The van der Waals surface area contributed by atoms with E-state index in [-0.39, 0.29) is 6.03 Å². The van der Waals surface area contributed by atoms with E-state index in [0.29, 0.717) is 11.8 Å². The third-order valence-electron chi connectivity index (χ3n) is 6.17. The number of hydrogen-bond donors (Lipinski definition) is 2. The second-order valence-electron chi connectivity index (χ2n) is 8.19. The molecule has 3 heterocycles. The van der Waals surface area contributed by atoms with Gasteiger partial charge in [-0.2, -0.15) is 5.10 Å². The van der Waals surface area contributed by atoms with Crippen molar-refractivity contribution < 1.29 is 4.79 Å². The Labute approximate surface area is 167 Å². The molecule has 0 spiro atoms. The van der Waals surface area contributed by atoms with Gasteiger partial charge in [0, 0.05) is 44.0 Å². The molecule has 4 rings (SSSR count). The molecule has 1 aromatic heterocycles. The Morgan fingerprint density at radius 2 is 1.93 bits per heavy atom. The Hall–Kier alpha value is -2.34. The molecule has 2 aliphatic heterocycles. The smallest absolute Gasteiger partial charge is 0.317 e. The largest absolute Gasteiger partial charge is 0.338 e. The second-order valence-corrected chi connectivity index (χ2v) is 8.19. The van der Waals surface area contributed by atoms with E-state index in [4.69, 9.17) is 0 Å². The fraction of sp³-hybridized carbons (Fsp3) is 0.545. The van der Waals surface area contributed by atoms with Crippen molar-refractivity contribution in [2.24, 2.45) is 5.92 Å². The van der Waals surface area contributed by atoms with E-state index >= 15 is 0 Å². The van der Waals surface area contributed by atoms with Crippen LogP contribution in [-0.4, -0.2) is 58.8 Å². The van der Waals surface area contributed by atoms with Crippen molar-refractivity contribution in [1.82, 2.24) is 25.3 Å². The number of likely N-dealkylation sites (tertiary alicyclic amines) is 2. The third kappa shape index (κ3) is 4.93. The lowest BCUT2D eigenvalue weighted by Crippen LogP contribution is -2.47. The molecule has 28 heavy (non-hydrogen) atoms. The fourth-order valence-corrected chi connectivity index (χ4v) is 4.44. The van der Waals surface area contributed by atoms with Gasteiger partial charge in [0.2, 0.25) is 0 Å². The van der Waals surface area contributed by atoms with E-state index in [1.807, 2.05) is 11.0 Å². The highest BCUT2D eigenvalue weighted by atomic mass is 16.2. The summed E-state index contributed by atoms with van der Waals surface area (Å²) in [7, 11) is 0. The summed E-state index contributed by atoms with van der Waals surface area (Å²) < 4.78 is 0. The molecule has 2 fully saturated rings. The Bertz CT molecular complexity index is 725. The minimum Gasteiger partial charge on any atom is -0.338 e. The average molecular weight is 382 g/mol. The van der Waals surface area contributed by atoms with Crippen LogP contribution >= 0.6 is 0 Å². The molecule has 2 amide bonds. The van der Waals surface area contributed by atoms with Gasteiger partial charge in [-0.1, -0.05) is 30.3 Å². The number of hydrogen-bond acceptors (Lipinski definition) is 3. The molecule has 1 unspecified atom stereocenters. The van der Waals surface area contributed by atoms with Gasteiger partial charge in [-0.25, -0.2) is 4.79 Å². The van der Waals surface area contributed by atoms with Crippen LogP contribution in [-0.2, 0) is 6.54 Å². The van der Waals surface area contributed by atoms with Gasteiger partial charge < -0.3 is 10.2 Å². The lowest BCUT2D eigenvalue weighted by atomic mass is 9.95. The molecule has 0 aliphatic carbocycles. The number of aromatic nitrogens is 2. The van der Waals surface area contributed by atoms with E-state index in [9.17, 15) is 4.79 Å². The summed E-state index contributed by atoms with van der Waals surface area (Å²) >= 11 is 0. The molecule has 6 nitrogen and oxygen atoms in total. The van der Waals surface area contributed by atoms with E-state index in [1.165, 1.54) is 5.56 Å². The van der Waals surface area contributed by atoms with Crippen LogP contribution in [0.4, 0.5) is 4.79 Å². The number of aromatic amines is 1. The number of carbonyl (C=O) groups is 1. The van der Waals surface area contributed by atoms with Gasteiger partial charge in [-0.05, 0) is 56.3 Å². The first-order valence-corrected chi connectivity index (χ1v) is 10.6. The predicted molar refractivity (Wildman–Crippen MR) is 110 cm³/mol. The summed E-state index contributed by atoms with van der Waals surface area (Å²) in [5, 5.41) is 10.3. The van der Waals surface area contributed by atoms with Crippen molar-refractivity contribution in [3.05, 3.63) is 53.9 Å². The Morgan fingerprint density at radius 3 is 2.68 bits per heavy atom. The Morgan fingerprint density at radius 1 is 1.11 bits per heavy atom. The topological polar surface area (TPSA) is 64.3 Å². The number of nitrogens with one attached hydrogen (secondary N) is 2. The van der Waals surface area contributed by atoms with Gasteiger partial charge >= 0.3 is 6.03 Å². The summed E-state index contributed by atoms with van der Waals surface area (Å²) in [6, 6.07) is 12.8. The molecule has 2 aromatic rings. The number of H-pyrrole nitrogens is 1. The molecule has 1 atom stereocenters. The SMILES string of the molecule is O=C(NCC1CCN(Cc2ccccc2)CC1)N1CCCC(c2ccn[nH]2)C1. The molecular weight excluding hydrogens is 350 g/mol. The standard InChI is InChI=1S/C22H31N5O/c28-22(27-12-4-7-20(17-27)21-8-11-24-25-21)23-15-18-9-13-26(14-10-18)16-19-5-2-1-3-6-19/h1-3,5-6,8,11,18,20H,4,7,9-10,12-17H2,(H,23,28)(H,24,25). The lowest BCUT2D eigenvalue weighted by molar-refractivity contribution is 0.161. The summed E-state index contributed by atoms with van der Waals surface area (Å²) in [4.78, 5) is 17.1. The molecule has 0 saturated carbocycles. The number of nitrogens with zero attached hydrogens (tertiary/aromatic N) is 3. The summed E-state index contributed by atoms with van der Waals surface area (Å²) in [5.41, 5.74) is 2.52. The van der Waals surface area contributed by atoms with Crippen LogP contribution in [0.25, 0.3) is 0 Å². The van der Waals surface area contributed by atoms with Crippen LogP contribution in [0.5, 0.6) is 0 Å². The Balaban J connectivity index is 1.18. The molecule has 1 aromatic carbocycles. The van der Waals surface area contributed by atoms with Crippen LogP contribution in [0.1, 0.15) is 42.9 Å². The highest BCUT2D eigenvalue weighted by molar-refractivity contribution is 5.74. The van der Waals surface area contributed by atoms with E-state index < -0.39 is 0 Å². The molecular formula is C22H31N5O. The number of carbonyl (C=O) groups excluding carboxylic acids is 1. The number of benzene rings is 1. The maximum Gasteiger partial charge on any atom is 0.317 e. The first-order chi connectivity index (χ1) is 13.8. The quantitative estimate of drug-likeness (QED) is 0.836. The van der Waals surface area contributed by atoms with Crippen LogP contribution in [0.15, 0.2) is 42.6 Å². The maximum atomic E-state index is 12.6. The first kappa shape index (κ1) is 19.0. The molecule has 2 aliphatic rings. The second kappa shape index (κ2) is 9.24. The van der Waals surface area contributed by atoms with Crippen molar-refractivity contribution >= 4 is 6.03 Å². The van der Waals surface area contributed by atoms with Gasteiger partial charge in [0.1, 0.15) is 0 Å². The lowest BCUT2D eigenvalue weighted by Gasteiger charge is -2.34. The van der Waals surface area contributed by atoms with Gasteiger partial charge in [-0.3, -0.25) is 10.00 Å². The number of piperidine rings is 2. The molecule has 6 heteroatoms. The van der Waals surface area contributed by atoms with Crippen molar-refractivity contribution in [3.8, 4) is 0 Å². The normalized spacial score (nSPS) is 21.6. The molecule has 0 radical (unpaired) electrons. The van der Waals surface area contributed by atoms with Crippen LogP contribution < -0.4 is 5.32 Å². The van der Waals surface area contributed by atoms with Crippen LogP contribution in [0, 0.1) is 5.92 Å². The summed E-state index contributed by atoms with van der Waals surface area (Å²) in [5.74, 6) is 0.965. The van der Waals surface area contributed by atoms with E-state index in [2.05, 4.69) is 50.7 Å². The van der Waals surface area contributed by atoms with Crippen molar-refractivity contribution in [2.75, 3.05) is 32.7 Å². The maximum absolute atomic E-state index is 12.6. The summed E-state index contributed by atoms with van der Waals surface area (Å²) in [6.45, 7) is 5.68. The first-order valence-electron chi connectivity index (χ1n) is 10.6. The van der Waals surface area contributed by atoms with Crippen LogP contribution in [0.2, 0.25) is 0 Å². The van der Waals surface area contributed by atoms with E-state index in [0.717, 1.165) is 70.6 Å². The highest BCUT2D eigenvalue weighted by Gasteiger charge is 2.26. The minimum absolute atomic E-state index is 0.0935. The molecule has 2 N–H and O–H groups in total. The third-order valence-corrected chi connectivity index (χ3v) is 6.17. The highest BCUT2D eigenvalue weighted by Crippen LogP contribution is 2.25.